The fourth-order valence-corrected chi connectivity index (χ4v) is 4.10. The zero-order valence-corrected chi connectivity index (χ0v) is 16.6. The summed E-state index contributed by atoms with van der Waals surface area (Å²) < 4.78 is 1.58. The van der Waals surface area contributed by atoms with Crippen LogP contribution in [0.3, 0.4) is 0 Å². The number of rotatable bonds is 4. The van der Waals surface area contributed by atoms with Gasteiger partial charge in [0.1, 0.15) is 5.56 Å². The summed E-state index contributed by atoms with van der Waals surface area (Å²) in [4.78, 5) is 38.6. The van der Waals surface area contributed by atoms with E-state index in [-0.39, 0.29) is 28.5 Å². The van der Waals surface area contributed by atoms with E-state index in [9.17, 15) is 14.4 Å². The number of likely N-dealkylation sites (tertiary alicyclic amines) is 1. The average molecular weight is 382 g/mol. The molecule has 0 aliphatic carbocycles. The van der Waals surface area contributed by atoms with Crippen LogP contribution in [0.5, 0.6) is 0 Å². The molecule has 3 rings (SSSR count). The normalized spacial score (nSPS) is 16.8. The van der Waals surface area contributed by atoms with Crippen LogP contribution in [-0.2, 0) is 13.5 Å². The maximum atomic E-state index is 13.1. The van der Waals surface area contributed by atoms with E-state index in [4.69, 9.17) is 5.11 Å². The molecule has 0 radical (unpaired) electrons. The number of aromatic nitrogens is 1. The van der Waals surface area contributed by atoms with Crippen molar-refractivity contribution in [2.24, 2.45) is 7.05 Å². The molecule has 1 N–H and O–H groups in total. The van der Waals surface area contributed by atoms with Crippen LogP contribution in [0.15, 0.2) is 35.1 Å². The fraction of sp³-hybridized carbons (Fsp3) is 0.409. The smallest absolute Gasteiger partial charge is 0.335 e. The molecule has 0 spiro atoms. The molecule has 1 saturated heterocycles. The molecule has 1 atom stereocenters. The number of carboxylic acid groups (broad SMARTS) is 1. The fourth-order valence-electron chi connectivity index (χ4n) is 4.10. The third-order valence-corrected chi connectivity index (χ3v) is 5.66. The number of piperidine rings is 1. The standard InChI is InChI=1S/C22H26N2O4/c1-4-19-14(2)12-18(20(25)23(19)3)21(26)24-11-5-6-17(13-24)15-7-9-16(10-8-15)22(27)28/h7-10,12,17H,4-6,11,13H2,1-3H3,(H,27,28)/t17-/m0/s1. The highest BCUT2D eigenvalue weighted by molar-refractivity contribution is 5.94. The third-order valence-electron chi connectivity index (χ3n) is 5.66. The number of carboxylic acids is 1. The van der Waals surface area contributed by atoms with Gasteiger partial charge in [0.05, 0.1) is 5.56 Å². The van der Waals surface area contributed by atoms with Crippen LogP contribution in [0, 0.1) is 6.92 Å². The van der Waals surface area contributed by atoms with Crippen molar-refractivity contribution in [2.45, 2.75) is 39.0 Å². The number of carbonyl (C=O) groups excluding carboxylic acids is 1. The SMILES string of the molecule is CCc1c(C)cc(C(=O)N2CCC[C@H](c3ccc(C(=O)O)cc3)C2)c(=O)n1C. The van der Waals surface area contributed by atoms with Gasteiger partial charge in [-0.05, 0) is 55.5 Å². The van der Waals surface area contributed by atoms with Crippen molar-refractivity contribution < 1.29 is 14.7 Å². The molecule has 28 heavy (non-hydrogen) atoms. The highest BCUT2D eigenvalue weighted by Gasteiger charge is 2.27. The molecule has 148 valence electrons. The molecule has 1 aromatic heterocycles. The predicted molar refractivity (Wildman–Crippen MR) is 107 cm³/mol. The van der Waals surface area contributed by atoms with Gasteiger partial charge in [0.25, 0.3) is 11.5 Å². The van der Waals surface area contributed by atoms with Gasteiger partial charge in [0.15, 0.2) is 0 Å². The lowest BCUT2D eigenvalue weighted by molar-refractivity contribution is 0.0693. The molecular formula is C22H26N2O4. The van der Waals surface area contributed by atoms with Crippen LogP contribution in [0.4, 0.5) is 0 Å². The average Bonchev–Trinajstić information content (AvgIpc) is 2.70. The molecule has 2 aromatic rings. The van der Waals surface area contributed by atoms with Gasteiger partial charge in [-0.15, -0.1) is 0 Å². The minimum atomic E-state index is -0.950. The lowest BCUT2D eigenvalue weighted by Gasteiger charge is -2.33. The molecule has 2 heterocycles. The van der Waals surface area contributed by atoms with E-state index in [1.54, 1.807) is 34.7 Å². The quantitative estimate of drug-likeness (QED) is 0.882. The second kappa shape index (κ2) is 8.00. The van der Waals surface area contributed by atoms with Crippen molar-refractivity contribution in [3.8, 4) is 0 Å². The van der Waals surface area contributed by atoms with Crippen molar-refractivity contribution >= 4 is 11.9 Å². The number of pyridine rings is 1. The summed E-state index contributed by atoms with van der Waals surface area (Å²) in [5, 5.41) is 9.05. The van der Waals surface area contributed by atoms with Gasteiger partial charge in [-0.25, -0.2) is 4.79 Å². The lowest BCUT2D eigenvalue weighted by Crippen LogP contribution is -2.42. The lowest BCUT2D eigenvalue weighted by atomic mass is 9.90. The first-order chi connectivity index (χ1) is 13.3. The van der Waals surface area contributed by atoms with E-state index >= 15 is 0 Å². The van der Waals surface area contributed by atoms with E-state index in [0.717, 1.165) is 36.1 Å². The number of amides is 1. The van der Waals surface area contributed by atoms with Crippen LogP contribution < -0.4 is 5.56 Å². The number of benzene rings is 1. The summed E-state index contributed by atoms with van der Waals surface area (Å²) in [5.41, 5.74) is 3.14. The molecule has 0 bridgehead atoms. The minimum Gasteiger partial charge on any atom is -0.478 e. The van der Waals surface area contributed by atoms with E-state index in [1.807, 2.05) is 26.0 Å². The molecule has 6 heteroatoms. The van der Waals surface area contributed by atoms with Crippen LogP contribution in [0.1, 0.15) is 63.2 Å². The maximum absolute atomic E-state index is 13.1. The molecule has 1 aliphatic heterocycles. The Kier molecular flexibility index (Phi) is 5.68. The van der Waals surface area contributed by atoms with Crippen molar-refractivity contribution in [3.63, 3.8) is 0 Å². The summed E-state index contributed by atoms with van der Waals surface area (Å²) in [7, 11) is 1.72. The van der Waals surface area contributed by atoms with E-state index < -0.39 is 5.97 Å². The van der Waals surface area contributed by atoms with Gasteiger partial charge in [0.2, 0.25) is 0 Å². The first kappa shape index (κ1) is 19.9. The highest BCUT2D eigenvalue weighted by atomic mass is 16.4. The van der Waals surface area contributed by atoms with Crippen LogP contribution in [-0.4, -0.2) is 39.5 Å². The number of nitrogens with zero attached hydrogens (tertiary/aromatic N) is 2. The summed E-state index contributed by atoms with van der Waals surface area (Å²) in [6.07, 6.45) is 2.52. The number of carbonyl (C=O) groups is 2. The van der Waals surface area contributed by atoms with Crippen molar-refractivity contribution in [1.29, 1.82) is 0 Å². The molecule has 0 saturated carbocycles. The predicted octanol–water partition coefficient (Wildman–Crippen LogP) is 2.97. The van der Waals surface area contributed by atoms with Gasteiger partial charge < -0.3 is 14.6 Å². The molecule has 1 fully saturated rings. The zero-order chi connectivity index (χ0) is 20.4. The molecule has 0 unspecified atom stereocenters. The Hall–Kier alpha value is -2.89. The van der Waals surface area contributed by atoms with Crippen molar-refractivity contribution in [1.82, 2.24) is 9.47 Å². The Morgan fingerprint density at radius 1 is 1.21 bits per heavy atom. The number of aryl methyl sites for hydroxylation is 1. The molecule has 1 amide bonds. The zero-order valence-electron chi connectivity index (χ0n) is 16.6. The second-order valence-corrected chi connectivity index (χ2v) is 7.42. The van der Waals surface area contributed by atoms with Gasteiger partial charge in [-0.2, -0.15) is 0 Å². The van der Waals surface area contributed by atoms with E-state index in [0.29, 0.717) is 13.1 Å². The van der Waals surface area contributed by atoms with Crippen molar-refractivity contribution in [2.75, 3.05) is 13.1 Å². The third kappa shape index (κ3) is 3.72. The summed E-state index contributed by atoms with van der Waals surface area (Å²) in [6.45, 7) is 5.08. The molecular weight excluding hydrogens is 356 g/mol. The summed E-state index contributed by atoms with van der Waals surface area (Å²) >= 11 is 0. The van der Waals surface area contributed by atoms with Gasteiger partial charge >= 0.3 is 5.97 Å². The highest BCUT2D eigenvalue weighted by Crippen LogP contribution is 2.28. The monoisotopic (exact) mass is 382 g/mol. The Labute approximate surface area is 164 Å². The van der Waals surface area contributed by atoms with Gasteiger partial charge in [0, 0.05) is 31.7 Å². The Morgan fingerprint density at radius 3 is 2.50 bits per heavy atom. The summed E-state index contributed by atoms with van der Waals surface area (Å²) in [5.74, 6) is -1.03. The van der Waals surface area contributed by atoms with Crippen LogP contribution in [0.25, 0.3) is 0 Å². The minimum absolute atomic E-state index is 0.139. The topological polar surface area (TPSA) is 79.6 Å². The van der Waals surface area contributed by atoms with Crippen LogP contribution >= 0.6 is 0 Å². The molecule has 1 aliphatic rings. The Morgan fingerprint density at radius 2 is 1.89 bits per heavy atom. The van der Waals surface area contributed by atoms with E-state index in [2.05, 4.69) is 0 Å². The van der Waals surface area contributed by atoms with Crippen molar-refractivity contribution in [3.05, 3.63) is 68.6 Å². The first-order valence-corrected chi connectivity index (χ1v) is 9.65. The Bertz CT molecular complexity index is 960. The van der Waals surface area contributed by atoms with E-state index in [1.165, 1.54) is 0 Å². The number of hydrogen-bond donors (Lipinski definition) is 1. The molecule has 1 aromatic carbocycles. The largest absolute Gasteiger partial charge is 0.478 e. The molecule has 6 nitrogen and oxygen atoms in total. The maximum Gasteiger partial charge on any atom is 0.335 e. The number of aromatic carboxylic acids is 1. The second-order valence-electron chi connectivity index (χ2n) is 7.42. The van der Waals surface area contributed by atoms with Gasteiger partial charge in [-0.1, -0.05) is 19.1 Å². The van der Waals surface area contributed by atoms with Gasteiger partial charge in [-0.3, -0.25) is 9.59 Å². The first-order valence-electron chi connectivity index (χ1n) is 9.65. The van der Waals surface area contributed by atoms with Crippen LogP contribution in [0.2, 0.25) is 0 Å². The summed E-state index contributed by atoms with van der Waals surface area (Å²) in [6, 6.07) is 8.55. The Balaban J connectivity index is 1.83. The number of hydrogen-bond acceptors (Lipinski definition) is 3.